The number of sulfone groups is 1. The van der Waals surface area contributed by atoms with Crippen molar-refractivity contribution in [1.29, 1.82) is 0 Å². The summed E-state index contributed by atoms with van der Waals surface area (Å²) in [6.07, 6.45) is 1.55. The Morgan fingerprint density at radius 2 is 1.95 bits per heavy atom. The third kappa shape index (κ3) is 2.80. The zero-order valence-corrected chi connectivity index (χ0v) is 13.7. The lowest BCUT2D eigenvalue weighted by Crippen LogP contribution is -2.58. The third-order valence-electron chi connectivity index (χ3n) is 4.99. The number of rotatable bonds is 3. The molecule has 1 heterocycles. The van der Waals surface area contributed by atoms with Crippen LogP contribution in [0.3, 0.4) is 0 Å². The molecule has 5 nitrogen and oxygen atoms in total. The van der Waals surface area contributed by atoms with E-state index in [9.17, 15) is 13.5 Å². The molecule has 1 saturated heterocycles. The Balaban J connectivity index is 1.81. The molecule has 0 spiro atoms. The van der Waals surface area contributed by atoms with Crippen LogP contribution < -0.4 is 0 Å². The first-order valence-corrected chi connectivity index (χ1v) is 9.23. The molecule has 1 aliphatic carbocycles. The van der Waals surface area contributed by atoms with Crippen LogP contribution in [0.1, 0.15) is 33.1 Å². The summed E-state index contributed by atoms with van der Waals surface area (Å²) in [6, 6.07) is 8.39. The van der Waals surface area contributed by atoms with Crippen LogP contribution in [0.2, 0.25) is 0 Å². The normalized spacial score (nSPS) is 38.7. The molecule has 2 bridgehead atoms. The molecule has 122 valence electrons. The zero-order chi connectivity index (χ0) is 16.0. The van der Waals surface area contributed by atoms with Crippen LogP contribution in [0.5, 0.6) is 0 Å². The van der Waals surface area contributed by atoms with E-state index in [0.717, 1.165) is 6.42 Å². The fourth-order valence-electron chi connectivity index (χ4n) is 3.42. The number of aliphatic hydroxyl groups is 1. The van der Waals surface area contributed by atoms with Crippen LogP contribution in [0, 0.1) is 5.92 Å². The Hall–Kier alpha value is -0.950. The number of fused-ring (bicyclic) bond motifs is 2. The third-order valence-corrected chi connectivity index (χ3v) is 6.93. The van der Waals surface area contributed by atoms with E-state index in [-0.39, 0.29) is 11.7 Å². The molecule has 1 saturated carbocycles. The van der Waals surface area contributed by atoms with Gasteiger partial charge in [0.05, 0.1) is 16.2 Å². The summed E-state index contributed by atoms with van der Waals surface area (Å²) >= 11 is 0. The molecule has 6 heteroatoms. The van der Waals surface area contributed by atoms with Crippen molar-refractivity contribution in [2.75, 3.05) is 5.75 Å². The van der Waals surface area contributed by atoms with E-state index < -0.39 is 27.1 Å². The van der Waals surface area contributed by atoms with Gasteiger partial charge in [0.15, 0.2) is 9.84 Å². The van der Waals surface area contributed by atoms with E-state index in [0.29, 0.717) is 17.7 Å². The van der Waals surface area contributed by atoms with Gasteiger partial charge < -0.3 is 5.11 Å². The first kappa shape index (κ1) is 15.9. The fourth-order valence-corrected chi connectivity index (χ4v) is 5.20. The molecule has 0 aromatic heterocycles. The van der Waals surface area contributed by atoms with Gasteiger partial charge in [-0.05, 0) is 51.2 Å². The lowest BCUT2D eigenvalue weighted by atomic mass is 9.71. The van der Waals surface area contributed by atoms with Gasteiger partial charge in [0, 0.05) is 0 Å². The molecule has 0 amide bonds. The van der Waals surface area contributed by atoms with E-state index in [1.807, 2.05) is 0 Å². The van der Waals surface area contributed by atoms with Crippen LogP contribution >= 0.6 is 0 Å². The molecular formula is C16H22O5S. The quantitative estimate of drug-likeness (QED) is 0.861. The predicted octanol–water partition coefficient (Wildman–Crippen LogP) is 2.10. The van der Waals surface area contributed by atoms with Gasteiger partial charge in [-0.1, -0.05) is 18.2 Å². The van der Waals surface area contributed by atoms with Crippen molar-refractivity contribution in [2.24, 2.45) is 5.92 Å². The summed E-state index contributed by atoms with van der Waals surface area (Å²) in [5.74, 6) is -0.0613. The molecule has 1 aromatic rings. The zero-order valence-electron chi connectivity index (χ0n) is 12.9. The smallest absolute Gasteiger partial charge is 0.181 e. The summed E-state index contributed by atoms with van der Waals surface area (Å²) in [6.45, 7) is 3.52. The minimum absolute atomic E-state index is 0.0602. The predicted molar refractivity (Wildman–Crippen MR) is 80.8 cm³/mol. The van der Waals surface area contributed by atoms with Gasteiger partial charge in [-0.25, -0.2) is 18.2 Å². The topological polar surface area (TPSA) is 72.8 Å². The van der Waals surface area contributed by atoms with E-state index in [4.69, 9.17) is 9.78 Å². The van der Waals surface area contributed by atoms with Crippen molar-refractivity contribution in [1.82, 2.24) is 0 Å². The van der Waals surface area contributed by atoms with Crippen LogP contribution in [-0.2, 0) is 19.6 Å². The van der Waals surface area contributed by atoms with Crippen molar-refractivity contribution >= 4 is 9.84 Å². The highest BCUT2D eigenvalue weighted by molar-refractivity contribution is 7.91. The van der Waals surface area contributed by atoms with Crippen molar-refractivity contribution in [3.05, 3.63) is 30.3 Å². The Bertz CT molecular complexity index is 640. The van der Waals surface area contributed by atoms with Crippen LogP contribution in [-0.4, -0.2) is 36.6 Å². The Morgan fingerprint density at radius 1 is 1.27 bits per heavy atom. The number of benzene rings is 1. The van der Waals surface area contributed by atoms with E-state index in [1.165, 1.54) is 0 Å². The van der Waals surface area contributed by atoms with E-state index >= 15 is 0 Å². The minimum Gasteiger partial charge on any atom is -0.387 e. The molecular weight excluding hydrogens is 304 g/mol. The average molecular weight is 326 g/mol. The molecule has 2 aliphatic rings. The largest absolute Gasteiger partial charge is 0.387 e. The van der Waals surface area contributed by atoms with Gasteiger partial charge in [0.25, 0.3) is 0 Å². The minimum atomic E-state index is -3.45. The average Bonchev–Trinajstić information content (AvgIpc) is 2.46. The molecule has 1 aromatic carbocycles. The van der Waals surface area contributed by atoms with Gasteiger partial charge in [-0.3, -0.25) is 0 Å². The van der Waals surface area contributed by atoms with E-state index in [1.54, 1.807) is 44.2 Å². The highest BCUT2D eigenvalue weighted by Crippen LogP contribution is 2.45. The molecule has 4 atom stereocenters. The first-order valence-electron chi connectivity index (χ1n) is 7.58. The summed E-state index contributed by atoms with van der Waals surface area (Å²) < 4.78 is 25.2. The SMILES string of the molecule is C[C@]1(O)CC[C@H]2C[C@@H]1OO[C@]2(C)CS(=O)(=O)c1ccccc1. The second-order valence-electron chi connectivity index (χ2n) is 6.88. The van der Waals surface area contributed by atoms with Crippen LogP contribution in [0.15, 0.2) is 35.2 Å². The molecule has 1 aliphatic heterocycles. The molecule has 3 rings (SSSR count). The lowest BCUT2D eigenvalue weighted by Gasteiger charge is -2.50. The van der Waals surface area contributed by atoms with Crippen molar-refractivity contribution < 1.29 is 23.3 Å². The maximum absolute atomic E-state index is 12.6. The van der Waals surface area contributed by atoms with Crippen LogP contribution in [0.25, 0.3) is 0 Å². The number of hydrogen-bond donors (Lipinski definition) is 1. The fraction of sp³-hybridized carbons (Fsp3) is 0.625. The van der Waals surface area contributed by atoms with Gasteiger partial charge >= 0.3 is 0 Å². The van der Waals surface area contributed by atoms with Crippen molar-refractivity contribution in [3.8, 4) is 0 Å². The number of hydrogen-bond acceptors (Lipinski definition) is 5. The van der Waals surface area contributed by atoms with Crippen LogP contribution in [0.4, 0.5) is 0 Å². The molecule has 0 radical (unpaired) electrons. The molecule has 1 N–H and O–H groups in total. The summed E-state index contributed by atoms with van der Waals surface area (Å²) in [5, 5.41) is 10.2. The van der Waals surface area contributed by atoms with Gasteiger partial charge in [0.1, 0.15) is 11.7 Å². The van der Waals surface area contributed by atoms with Crippen molar-refractivity contribution in [3.63, 3.8) is 0 Å². The second-order valence-corrected chi connectivity index (χ2v) is 8.87. The maximum Gasteiger partial charge on any atom is 0.181 e. The van der Waals surface area contributed by atoms with Crippen molar-refractivity contribution in [2.45, 2.75) is 55.3 Å². The summed E-state index contributed by atoms with van der Waals surface area (Å²) in [5.41, 5.74) is -1.79. The summed E-state index contributed by atoms with van der Waals surface area (Å²) in [4.78, 5) is 11.1. The molecule has 2 fully saturated rings. The Morgan fingerprint density at radius 3 is 2.64 bits per heavy atom. The lowest BCUT2D eigenvalue weighted by molar-refractivity contribution is -0.441. The Labute approximate surface area is 131 Å². The standard InChI is InChI=1S/C16H22O5S/c1-15(17)9-8-12-10-14(15)20-21-16(12,2)11-22(18,19)13-6-4-3-5-7-13/h3-7,12,14,17H,8-11H2,1-2H3/t12-,14-,15-,16+/m0/s1. The van der Waals surface area contributed by atoms with E-state index in [2.05, 4.69) is 0 Å². The van der Waals surface area contributed by atoms with Gasteiger partial charge in [0.2, 0.25) is 0 Å². The molecule has 22 heavy (non-hydrogen) atoms. The Kier molecular flexibility index (Phi) is 3.84. The second kappa shape index (κ2) is 5.30. The highest BCUT2D eigenvalue weighted by atomic mass is 32.2. The first-order chi connectivity index (χ1) is 10.2. The maximum atomic E-state index is 12.6. The highest BCUT2D eigenvalue weighted by Gasteiger charge is 2.53. The van der Waals surface area contributed by atoms with Gasteiger partial charge in [-0.15, -0.1) is 0 Å². The van der Waals surface area contributed by atoms with Gasteiger partial charge in [-0.2, -0.15) is 0 Å². The summed E-state index contributed by atoms with van der Waals surface area (Å²) in [7, 11) is -3.45. The monoisotopic (exact) mass is 326 g/mol. The molecule has 0 unspecified atom stereocenters.